The van der Waals surface area contributed by atoms with Crippen LogP contribution in [0.25, 0.3) is 5.69 Å². The van der Waals surface area contributed by atoms with E-state index in [-0.39, 0.29) is 12.2 Å². The van der Waals surface area contributed by atoms with E-state index in [1.807, 2.05) is 4.90 Å². The van der Waals surface area contributed by atoms with E-state index in [1.165, 1.54) is 6.07 Å². The highest BCUT2D eigenvalue weighted by atomic mass is 19.2. The molecule has 2 aliphatic heterocycles. The summed E-state index contributed by atoms with van der Waals surface area (Å²) in [6.45, 7) is 2.55. The van der Waals surface area contributed by atoms with E-state index in [1.54, 1.807) is 4.68 Å². The zero-order chi connectivity index (χ0) is 20.0. The number of fused-ring (bicyclic) bond motifs is 1. The number of amides is 1. The molecule has 1 aromatic heterocycles. The lowest BCUT2D eigenvalue weighted by atomic mass is 9.96. The maximum Gasteiger partial charge on any atom is 0.274 e. The van der Waals surface area contributed by atoms with Crippen molar-refractivity contribution < 1.29 is 23.0 Å². The minimum Gasteiger partial charge on any atom is -0.350 e. The van der Waals surface area contributed by atoms with Crippen molar-refractivity contribution in [1.29, 1.82) is 0 Å². The monoisotopic (exact) mass is 403 g/mol. The van der Waals surface area contributed by atoms with Gasteiger partial charge in [0.2, 0.25) is 0 Å². The van der Waals surface area contributed by atoms with Gasteiger partial charge in [0.15, 0.2) is 23.6 Å². The van der Waals surface area contributed by atoms with Crippen molar-refractivity contribution in [1.82, 2.24) is 14.7 Å². The molecule has 0 N–H and O–H groups in total. The molecule has 0 bridgehead atoms. The summed E-state index contributed by atoms with van der Waals surface area (Å²) in [5.74, 6) is -1.59. The number of ether oxygens (including phenoxy) is 2. The van der Waals surface area contributed by atoms with Gasteiger partial charge in [-0.2, -0.15) is 5.10 Å². The molecule has 1 aliphatic carbocycles. The van der Waals surface area contributed by atoms with Gasteiger partial charge in [0.05, 0.1) is 18.9 Å². The normalized spacial score (nSPS) is 20.4. The second-order valence-electron chi connectivity index (χ2n) is 7.88. The van der Waals surface area contributed by atoms with Gasteiger partial charge in [-0.05, 0) is 44.2 Å². The number of rotatable bonds is 3. The molecule has 5 rings (SSSR count). The van der Waals surface area contributed by atoms with Crippen LogP contribution < -0.4 is 0 Å². The SMILES string of the molecule is O=C(c1nn(-c2ccc(F)c(F)c2)c2c1CCC2)N1CCC(C2OCCO2)CC1. The van der Waals surface area contributed by atoms with Gasteiger partial charge in [-0.15, -0.1) is 0 Å². The molecule has 154 valence electrons. The number of hydrogen-bond donors (Lipinski definition) is 0. The molecule has 1 aromatic carbocycles. The Balaban J connectivity index is 1.37. The third kappa shape index (κ3) is 3.34. The molecule has 0 unspecified atom stereocenters. The van der Waals surface area contributed by atoms with Crippen LogP contribution in [-0.4, -0.2) is 53.2 Å². The van der Waals surface area contributed by atoms with Crippen LogP contribution in [0.5, 0.6) is 0 Å². The van der Waals surface area contributed by atoms with Crippen molar-refractivity contribution in [2.45, 2.75) is 38.4 Å². The number of likely N-dealkylation sites (tertiary alicyclic amines) is 1. The van der Waals surface area contributed by atoms with Crippen LogP contribution in [0.1, 0.15) is 41.0 Å². The topological polar surface area (TPSA) is 56.6 Å². The van der Waals surface area contributed by atoms with E-state index < -0.39 is 11.6 Å². The second-order valence-corrected chi connectivity index (χ2v) is 7.88. The van der Waals surface area contributed by atoms with Gasteiger partial charge in [-0.25, -0.2) is 13.5 Å². The summed E-state index contributed by atoms with van der Waals surface area (Å²) in [5.41, 5.74) is 2.73. The van der Waals surface area contributed by atoms with E-state index >= 15 is 0 Å². The number of halogens is 2. The molecule has 29 heavy (non-hydrogen) atoms. The first-order valence-electron chi connectivity index (χ1n) is 10.2. The molecule has 2 aromatic rings. The predicted molar refractivity (Wildman–Crippen MR) is 99.8 cm³/mol. The number of nitrogens with zero attached hydrogens (tertiary/aromatic N) is 3. The molecule has 6 nitrogen and oxygen atoms in total. The first-order chi connectivity index (χ1) is 14.1. The summed E-state index contributed by atoms with van der Waals surface area (Å²) in [7, 11) is 0. The van der Waals surface area contributed by atoms with Gasteiger partial charge in [0, 0.05) is 36.3 Å². The molecule has 3 heterocycles. The fourth-order valence-electron chi connectivity index (χ4n) is 4.61. The van der Waals surface area contributed by atoms with E-state index in [0.717, 1.165) is 55.5 Å². The number of carbonyl (C=O) groups is 1. The molecule has 1 amide bonds. The van der Waals surface area contributed by atoms with Crippen molar-refractivity contribution in [3.05, 3.63) is 46.8 Å². The number of hydrogen-bond acceptors (Lipinski definition) is 4. The Labute approximate surface area is 167 Å². The van der Waals surface area contributed by atoms with Crippen LogP contribution in [0, 0.1) is 17.6 Å². The highest BCUT2D eigenvalue weighted by molar-refractivity contribution is 5.94. The lowest BCUT2D eigenvalue weighted by Gasteiger charge is -2.33. The lowest BCUT2D eigenvalue weighted by Crippen LogP contribution is -2.41. The largest absolute Gasteiger partial charge is 0.350 e. The molecule has 8 heteroatoms. The van der Waals surface area contributed by atoms with Gasteiger partial charge in [-0.3, -0.25) is 4.79 Å². The van der Waals surface area contributed by atoms with E-state index in [0.29, 0.717) is 43.6 Å². The summed E-state index contributed by atoms with van der Waals surface area (Å²) in [6, 6.07) is 3.71. The number of piperidine rings is 1. The van der Waals surface area contributed by atoms with Gasteiger partial charge in [0.25, 0.3) is 5.91 Å². The Bertz CT molecular complexity index is 931. The minimum atomic E-state index is -0.920. The predicted octanol–water partition coefficient (Wildman–Crippen LogP) is 2.86. The minimum absolute atomic E-state index is 0.0869. The Morgan fingerprint density at radius 3 is 2.55 bits per heavy atom. The fourth-order valence-corrected chi connectivity index (χ4v) is 4.61. The fraction of sp³-hybridized carbons (Fsp3) is 0.524. The van der Waals surface area contributed by atoms with Gasteiger partial charge in [-0.1, -0.05) is 0 Å². The average Bonchev–Trinajstić information content (AvgIpc) is 3.48. The number of aromatic nitrogens is 2. The highest BCUT2D eigenvalue weighted by Gasteiger charge is 2.35. The molecule has 0 saturated carbocycles. The zero-order valence-corrected chi connectivity index (χ0v) is 16.1. The Kier molecular flexibility index (Phi) is 4.83. The summed E-state index contributed by atoms with van der Waals surface area (Å²) in [5, 5.41) is 4.53. The van der Waals surface area contributed by atoms with Crippen LogP contribution in [0.2, 0.25) is 0 Å². The van der Waals surface area contributed by atoms with E-state index in [4.69, 9.17) is 9.47 Å². The van der Waals surface area contributed by atoms with Gasteiger partial charge >= 0.3 is 0 Å². The standard InChI is InChI=1S/C21H23F2N3O3/c22-16-5-4-14(12-17(16)23)26-18-3-1-2-15(18)19(24-26)20(27)25-8-6-13(7-9-25)21-28-10-11-29-21/h4-5,12-13,21H,1-3,6-11H2. The average molecular weight is 403 g/mol. The van der Waals surface area contributed by atoms with Gasteiger partial charge in [0.1, 0.15) is 0 Å². The molecule has 3 aliphatic rings. The van der Waals surface area contributed by atoms with Crippen LogP contribution in [0.4, 0.5) is 8.78 Å². The molecule has 2 saturated heterocycles. The number of carbonyl (C=O) groups excluding carboxylic acids is 1. The molecule has 0 radical (unpaired) electrons. The summed E-state index contributed by atoms with van der Waals surface area (Å²) < 4.78 is 39.9. The highest BCUT2D eigenvalue weighted by Crippen LogP contribution is 2.31. The molecule has 2 fully saturated rings. The quantitative estimate of drug-likeness (QED) is 0.791. The van der Waals surface area contributed by atoms with Crippen LogP contribution >= 0.6 is 0 Å². The maximum absolute atomic E-state index is 13.7. The smallest absolute Gasteiger partial charge is 0.274 e. The van der Waals surface area contributed by atoms with Crippen LogP contribution in [-0.2, 0) is 22.3 Å². The van der Waals surface area contributed by atoms with Crippen LogP contribution in [0.15, 0.2) is 18.2 Å². The summed E-state index contributed by atoms with van der Waals surface area (Å²) >= 11 is 0. The molecule has 0 atom stereocenters. The third-order valence-electron chi connectivity index (χ3n) is 6.14. The zero-order valence-electron chi connectivity index (χ0n) is 16.1. The maximum atomic E-state index is 13.7. The molecular formula is C21H23F2N3O3. The lowest BCUT2D eigenvalue weighted by molar-refractivity contribution is -0.0956. The number of benzene rings is 1. The van der Waals surface area contributed by atoms with Crippen molar-refractivity contribution in [3.8, 4) is 5.69 Å². The molecule has 0 spiro atoms. The Hall–Kier alpha value is -2.32. The van der Waals surface area contributed by atoms with Crippen molar-refractivity contribution in [2.75, 3.05) is 26.3 Å². The second kappa shape index (κ2) is 7.50. The van der Waals surface area contributed by atoms with Gasteiger partial charge < -0.3 is 14.4 Å². The van der Waals surface area contributed by atoms with E-state index in [9.17, 15) is 13.6 Å². The first kappa shape index (κ1) is 18.7. The summed E-state index contributed by atoms with van der Waals surface area (Å²) in [6.07, 6.45) is 4.00. The first-order valence-corrected chi connectivity index (χ1v) is 10.2. The van der Waals surface area contributed by atoms with Crippen LogP contribution in [0.3, 0.4) is 0 Å². The Morgan fingerprint density at radius 1 is 1.07 bits per heavy atom. The van der Waals surface area contributed by atoms with E-state index in [2.05, 4.69) is 5.10 Å². The Morgan fingerprint density at radius 2 is 1.83 bits per heavy atom. The summed E-state index contributed by atoms with van der Waals surface area (Å²) in [4.78, 5) is 15.0. The molecular weight excluding hydrogens is 380 g/mol. The van der Waals surface area contributed by atoms with Crippen molar-refractivity contribution in [2.24, 2.45) is 5.92 Å². The third-order valence-corrected chi connectivity index (χ3v) is 6.14. The van der Waals surface area contributed by atoms with Crippen molar-refractivity contribution in [3.63, 3.8) is 0 Å². The van der Waals surface area contributed by atoms with Crippen molar-refractivity contribution >= 4 is 5.91 Å².